The molecule has 0 aromatic heterocycles. The van der Waals surface area contributed by atoms with Gasteiger partial charge in [-0.2, -0.15) is 0 Å². The lowest BCUT2D eigenvalue weighted by Gasteiger charge is -2.34. The molecule has 0 bridgehead atoms. The molecule has 2 fully saturated rings. The topological polar surface area (TPSA) is 33.7 Å². The van der Waals surface area contributed by atoms with Gasteiger partial charge in [0.25, 0.3) is 0 Å². The smallest absolute Gasteiger partial charge is 0.0702 e. The van der Waals surface area contributed by atoms with Crippen molar-refractivity contribution in [2.45, 2.75) is 32.3 Å². The number of nitrogens with zero attached hydrogens (tertiary/aromatic N) is 1. The first kappa shape index (κ1) is 14.3. The fourth-order valence-corrected chi connectivity index (χ4v) is 3.20. The molecule has 4 nitrogen and oxygen atoms in total. The minimum absolute atomic E-state index is 0.309. The third-order valence-electron chi connectivity index (χ3n) is 4.23. The van der Waals surface area contributed by atoms with E-state index in [-0.39, 0.29) is 0 Å². The first-order chi connectivity index (χ1) is 8.78. The van der Waals surface area contributed by atoms with Gasteiger partial charge in [0.05, 0.1) is 12.7 Å². The first-order valence-electron chi connectivity index (χ1n) is 7.34. The highest BCUT2D eigenvalue weighted by Crippen LogP contribution is 2.29. The minimum atomic E-state index is 0.309. The van der Waals surface area contributed by atoms with Crippen LogP contribution in [-0.4, -0.2) is 64.1 Å². The van der Waals surface area contributed by atoms with Crippen molar-refractivity contribution in [3.63, 3.8) is 0 Å². The SMILES string of the molecule is CCN(CC1CCCO1)CC1(CNC)CCOC1. The Labute approximate surface area is 111 Å². The molecule has 0 aromatic rings. The summed E-state index contributed by atoms with van der Waals surface area (Å²) in [6.07, 6.45) is 4.09. The third kappa shape index (κ3) is 3.67. The highest BCUT2D eigenvalue weighted by Gasteiger charge is 2.36. The number of ether oxygens (including phenoxy) is 2. The molecule has 2 aliphatic rings. The summed E-state index contributed by atoms with van der Waals surface area (Å²) in [6.45, 7) is 9.38. The fourth-order valence-electron chi connectivity index (χ4n) is 3.20. The van der Waals surface area contributed by atoms with Gasteiger partial charge in [-0.25, -0.2) is 0 Å². The van der Waals surface area contributed by atoms with Crippen LogP contribution in [0.2, 0.25) is 0 Å². The summed E-state index contributed by atoms with van der Waals surface area (Å²) in [5.41, 5.74) is 0.309. The average Bonchev–Trinajstić information content (AvgIpc) is 3.01. The molecule has 18 heavy (non-hydrogen) atoms. The number of hydrogen-bond donors (Lipinski definition) is 1. The van der Waals surface area contributed by atoms with E-state index in [2.05, 4.69) is 17.1 Å². The molecule has 2 aliphatic heterocycles. The van der Waals surface area contributed by atoms with E-state index in [0.717, 1.165) is 46.0 Å². The molecule has 2 saturated heterocycles. The molecule has 0 aromatic carbocycles. The average molecular weight is 256 g/mol. The lowest BCUT2D eigenvalue weighted by atomic mass is 9.86. The van der Waals surface area contributed by atoms with Gasteiger partial charge in [0.15, 0.2) is 0 Å². The second kappa shape index (κ2) is 6.85. The van der Waals surface area contributed by atoms with Gasteiger partial charge < -0.3 is 19.7 Å². The normalized spacial score (nSPS) is 32.5. The predicted octanol–water partition coefficient (Wildman–Crippen LogP) is 1.11. The number of likely N-dealkylation sites (N-methyl/N-ethyl adjacent to an activating group) is 1. The summed E-state index contributed by atoms with van der Waals surface area (Å²) in [5.74, 6) is 0. The molecule has 2 atom stereocenters. The lowest BCUT2D eigenvalue weighted by molar-refractivity contribution is 0.0511. The Morgan fingerprint density at radius 1 is 1.39 bits per heavy atom. The largest absolute Gasteiger partial charge is 0.381 e. The zero-order valence-corrected chi connectivity index (χ0v) is 11.9. The van der Waals surface area contributed by atoms with Crippen molar-refractivity contribution in [2.24, 2.45) is 5.41 Å². The van der Waals surface area contributed by atoms with Gasteiger partial charge in [-0.1, -0.05) is 6.92 Å². The lowest BCUT2D eigenvalue weighted by Crippen LogP contribution is -2.46. The van der Waals surface area contributed by atoms with Crippen LogP contribution in [0.25, 0.3) is 0 Å². The van der Waals surface area contributed by atoms with Crippen LogP contribution in [0.15, 0.2) is 0 Å². The standard InChI is InChI=1S/C14H28N2O2/c1-3-16(9-13-5-4-7-18-13)11-14(10-15-2)6-8-17-12-14/h13,15H,3-12H2,1-2H3. The molecule has 0 amide bonds. The van der Waals surface area contributed by atoms with Crippen molar-refractivity contribution < 1.29 is 9.47 Å². The Morgan fingerprint density at radius 2 is 2.28 bits per heavy atom. The summed E-state index contributed by atoms with van der Waals surface area (Å²) in [4.78, 5) is 2.54. The molecule has 1 N–H and O–H groups in total. The zero-order valence-electron chi connectivity index (χ0n) is 11.9. The van der Waals surface area contributed by atoms with Crippen LogP contribution < -0.4 is 5.32 Å². The summed E-state index contributed by atoms with van der Waals surface area (Å²) in [5, 5.41) is 3.34. The summed E-state index contributed by atoms with van der Waals surface area (Å²) in [6, 6.07) is 0. The molecule has 0 aliphatic carbocycles. The molecule has 4 heteroatoms. The van der Waals surface area contributed by atoms with Gasteiger partial charge in [0.1, 0.15) is 0 Å². The number of hydrogen-bond acceptors (Lipinski definition) is 4. The van der Waals surface area contributed by atoms with E-state index in [1.807, 2.05) is 7.05 Å². The van der Waals surface area contributed by atoms with E-state index in [4.69, 9.17) is 9.47 Å². The van der Waals surface area contributed by atoms with Crippen molar-refractivity contribution in [3.05, 3.63) is 0 Å². The van der Waals surface area contributed by atoms with Gasteiger partial charge in [-0.05, 0) is 32.9 Å². The van der Waals surface area contributed by atoms with E-state index in [0.29, 0.717) is 11.5 Å². The number of rotatable bonds is 7. The van der Waals surface area contributed by atoms with E-state index >= 15 is 0 Å². The van der Waals surface area contributed by atoms with Gasteiger partial charge >= 0.3 is 0 Å². The Bertz CT molecular complexity index is 236. The maximum atomic E-state index is 5.75. The quantitative estimate of drug-likeness (QED) is 0.740. The van der Waals surface area contributed by atoms with Gasteiger partial charge in [0.2, 0.25) is 0 Å². The van der Waals surface area contributed by atoms with Crippen molar-refractivity contribution in [1.82, 2.24) is 10.2 Å². The van der Waals surface area contributed by atoms with E-state index in [1.54, 1.807) is 0 Å². The van der Waals surface area contributed by atoms with Crippen LogP contribution >= 0.6 is 0 Å². The van der Waals surface area contributed by atoms with Crippen LogP contribution in [0.4, 0.5) is 0 Å². The molecule has 0 radical (unpaired) electrons. The minimum Gasteiger partial charge on any atom is -0.381 e. The van der Waals surface area contributed by atoms with Crippen LogP contribution in [0, 0.1) is 5.41 Å². The van der Waals surface area contributed by atoms with Crippen LogP contribution in [0.3, 0.4) is 0 Å². The summed E-state index contributed by atoms with van der Waals surface area (Å²) in [7, 11) is 2.04. The van der Waals surface area contributed by atoms with Gasteiger partial charge in [-0.15, -0.1) is 0 Å². The maximum absolute atomic E-state index is 5.75. The van der Waals surface area contributed by atoms with Crippen LogP contribution in [-0.2, 0) is 9.47 Å². The second-order valence-electron chi connectivity index (χ2n) is 5.80. The molecule has 2 unspecified atom stereocenters. The summed E-state index contributed by atoms with van der Waals surface area (Å²) < 4.78 is 11.4. The molecular formula is C14H28N2O2. The highest BCUT2D eigenvalue weighted by atomic mass is 16.5. The Kier molecular flexibility index (Phi) is 5.42. The van der Waals surface area contributed by atoms with E-state index in [1.165, 1.54) is 19.3 Å². The van der Waals surface area contributed by atoms with Crippen molar-refractivity contribution >= 4 is 0 Å². The Balaban J connectivity index is 1.86. The second-order valence-corrected chi connectivity index (χ2v) is 5.80. The predicted molar refractivity (Wildman–Crippen MR) is 72.9 cm³/mol. The third-order valence-corrected chi connectivity index (χ3v) is 4.23. The fraction of sp³-hybridized carbons (Fsp3) is 1.00. The number of nitrogens with one attached hydrogen (secondary N) is 1. The molecule has 2 heterocycles. The molecule has 0 spiro atoms. The van der Waals surface area contributed by atoms with Crippen LogP contribution in [0.5, 0.6) is 0 Å². The highest BCUT2D eigenvalue weighted by molar-refractivity contribution is 4.88. The molecule has 106 valence electrons. The van der Waals surface area contributed by atoms with Gasteiger partial charge in [-0.3, -0.25) is 0 Å². The Hall–Kier alpha value is -0.160. The molecular weight excluding hydrogens is 228 g/mol. The van der Waals surface area contributed by atoms with Gasteiger partial charge in [0, 0.05) is 38.3 Å². The first-order valence-corrected chi connectivity index (χ1v) is 7.34. The monoisotopic (exact) mass is 256 g/mol. The van der Waals surface area contributed by atoms with E-state index in [9.17, 15) is 0 Å². The van der Waals surface area contributed by atoms with Crippen molar-refractivity contribution in [3.8, 4) is 0 Å². The van der Waals surface area contributed by atoms with Crippen molar-refractivity contribution in [1.29, 1.82) is 0 Å². The van der Waals surface area contributed by atoms with Crippen LogP contribution in [0.1, 0.15) is 26.2 Å². The van der Waals surface area contributed by atoms with E-state index < -0.39 is 0 Å². The molecule has 0 saturated carbocycles. The maximum Gasteiger partial charge on any atom is 0.0702 e. The zero-order chi connectivity index (χ0) is 12.8. The summed E-state index contributed by atoms with van der Waals surface area (Å²) >= 11 is 0. The Morgan fingerprint density at radius 3 is 2.83 bits per heavy atom. The van der Waals surface area contributed by atoms with Crippen molar-refractivity contribution in [2.75, 3.05) is 53.0 Å². The molecule has 2 rings (SSSR count).